The van der Waals surface area contributed by atoms with Crippen LogP contribution in [0.25, 0.3) is 0 Å². The third kappa shape index (κ3) is 5.45. The van der Waals surface area contributed by atoms with Crippen molar-refractivity contribution in [2.75, 3.05) is 21.9 Å². The van der Waals surface area contributed by atoms with E-state index in [1.54, 1.807) is 12.1 Å². The number of sulfonamides is 1. The summed E-state index contributed by atoms with van der Waals surface area (Å²) in [5.74, 6) is -1.99. The number of aryl methyl sites for hydroxylation is 1. The van der Waals surface area contributed by atoms with E-state index >= 15 is 0 Å². The molecule has 1 aliphatic heterocycles. The number of benzene rings is 1. The molecule has 0 spiro atoms. The average molecular weight is 463 g/mol. The Morgan fingerprint density at radius 3 is 2.67 bits per heavy atom. The lowest BCUT2D eigenvalue weighted by Gasteiger charge is -2.38. The maximum atomic E-state index is 12.7. The van der Waals surface area contributed by atoms with E-state index in [-0.39, 0.29) is 22.5 Å². The Morgan fingerprint density at radius 2 is 2.07 bits per heavy atom. The zero-order valence-corrected chi connectivity index (χ0v) is 18.0. The number of rotatable bonds is 7. The molecule has 2 aromatic rings. The molecule has 0 aliphatic carbocycles. The van der Waals surface area contributed by atoms with Crippen LogP contribution in [0.2, 0.25) is 0 Å². The minimum absolute atomic E-state index is 0.0542. The van der Waals surface area contributed by atoms with Gasteiger partial charge in [-0.2, -0.15) is 13.2 Å². The number of nitrogens with zero attached hydrogens (tertiary/aromatic N) is 5. The molecule has 1 unspecified atom stereocenters. The molecule has 2 heterocycles. The van der Waals surface area contributed by atoms with E-state index in [9.17, 15) is 21.6 Å². The molecule has 0 amide bonds. The highest BCUT2D eigenvalue weighted by atomic mass is 32.2. The Morgan fingerprint density at radius 1 is 1.30 bits per heavy atom. The lowest BCUT2D eigenvalue weighted by atomic mass is 9.93. The SMILES string of the molecule is CCC1CCc2cc(N=Nc3nncs3)c(NS(=O)(=O)CC(F)(F)F)cc2N1CC. The van der Waals surface area contributed by atoms with Crippen LogP contribution in [0.5, 0.6) is 0 Å². The number of alkyl halides is 3. The van der Waals surface area contributed by atoms with Gasteiger partial charge in [0.05, 0.1) is 5.69 Å². The number of hydrogen-bond acceptors (Lipinski definition) is 8. The molecule has 3 rings (SSSR count). The number of halogens is 3. The summed E-state index contributed by atoms with van der Waals surface area (Å²) in [5.41, 5.74) is 3.25. The first-order valence-electron chi connectivity index (χ1n) is 9.30. The van der Waals surface area contributed by atoms with Crippen molar-refractivity contribution in [3.63, 3.8) is 0 Å². The van der Waals surface area contributed by atoms with E-state index in [1.807, 2.05) is 11.6 Å². The van der Waals surface area contributed by atoms with Crippen LogP contribution in [0.3, 0.4) is 0 Å². The molecule has 0 fully saturated rings. The number of azo groups is 1. The second kappa shape index (κ2) is 8.84. The van der Waals surface area contributed by atoms with Crippen LogP contribution >= 0.6 is 11.3 Å². The molecule has 30 heavy (non-hydrogen) atoms. The lowest BCUT2D eigenvalue weighted by Crippen LogP contribution is -2.38. The van der Waals surface area contributed by atoms with E-state index in [0.717, 1.165) is 41.9 Å². The van der Waals surface area contributed by atoms with Crippen molar-refractivity contribution in [3.05, 3.63) is 23.2 Å². The summed E-state index contributed by atoms with van der Waals surface area (Å²) >= 11 is 1.13. The van der Waals surface area contributed by atoms with Crippen LogP contribution in [-0.4, -0.2) is 43.1 Å². The molecule has 1 aliphatic rings. The van der Waals surface area contributed by atoms with Gasteiger partial charge in [-0.3, -0.25) is 4.72 Å². The molecule has 0 bridgehead atoms. The molecule has 164 valence electrons. The van der Waals surface area contributed by atoms with Crippen molar-refractivity contribution in [3.8, 4) is 0 Å². The van der Waals surface area contributed by atoms with Crippen molar-refractivity contribution in [2.45, 2.75) is 45.3 Å². The van der Waals surface area contributed by atoms with Crippen LogP contribution in [0.15, 0.2) is 27.9 Å². The number of anilines is 2. The number of aromatic nitrogens is 2. The van der Waals surface area contributed by atoms with Crippen LogP contribution in [0.1, 0.15) is 32.3 Å². The van der Waals surface area contributed by atoms with Crippen molar-refractivity contribution in [1.82, 2.24) is 10.2 Å². The molecular weight excluding hydrogens is 441 g/mol. The summed E-state index contributed by atoms with van der Waals surface area (Å²) in [6.07, 6.45) is -2.29. The third-order valence-electron chi connectivity index (χ3n) is 4.72. The highest BCUT2D eigenvalue weighted by Gasteiger charge is 2.36. The van der Waals surface area contributed by atoms with Crippen molar-refractivity contribution >= 4 is 43.6 Å². The first kappa shape index (κ1) is 22.4. The van der Waals surface area contributed by atoms with Gasteiger partial charge in [-0.25, -0.2) is 8.42 Å². The second-order valence-electron chi connectivity index (χ2n) is 6.78. The molecular formula is C17H21F3N6O2S2. The van der Waals surface area contributed by atoms with Gasteiger partial charge in [-0.05, 0) is 43.9 Å². The predicted octanol–water partition coefficient (Wildman–Crippen LogP) is 4.81. The molecule has 1 aromatic carbocycles. The maximum absolute atomic E-state index is 12.7. The minimum atomic E-state index is -4.86. The number of hydrogen-bond donors (Lipinski definition) is 1. The summed E-state index contributed by atoms with van der Waals surface area (Å²) in [6.45, 7) is 4.73. The van der Waals surface area contributed by atoms with Gasteiger partial charge in [-0.15, -0.1) is 20.4 Å². The lowest BCUT2D eigenvalue weighted by molar-refractivity contribution is -0.106. The van der Waals surface area contributed by atoms with Gasteiger partial charge in [0.1, 0.15) is 11.2 Å². The smallest absolute Gasteiger partial charge is 0.369 e. The quantitative estimate of drug-likeness (QED) is 0.596. The molecule has 1 aromatic heterocycles. The summed E-state index contributed by atoms with van der Waals surface area (Å²) in [6, 6.07) is 3.49. The van der Waals surface area contributed by atoms with Gasteiger partial charge in [0.25, 0.3) is 5.13 Å². The molecule has 0 radical (unpaired) electrons. The van der Waals surface area contributed by atoms with Crippen LogP contribution in [0.4, 0.5) is 35.4 Å². The first-order valence-corrected chi connectivity index (χ1v) is 11.8. The molecule has 8 nitrogen and oxygen atoms in total. The van der Waals surface area contributed by atoms with Gasteiger partial charge in [0, 0.05) is 18.3 Å². The van der Waals surface area contributed by atoms with E-state index in [0.29, 0.717) is 6.54 Å². The fraction of sp³-hybridized carbons (Fsp3) is 0.529. The zero-order chi connectivity index (χ0) is 21.9. The molecule has 13 heteroatoms. The van der Waals surface area contributed by atoms with Gasteiger partial charge < -0.3 is 4.90 Å². The van der Waals surface area contributed by atoms with Crippen LogP contribution in [0, 0.1) is 0 Å². The van der Waals surface area contributed by atoms with Crippen molar-refractivity contribution in [1.29, 1.82) is 0 Å². The summed E-state index contributed by atoms with van der Waals surface area (Å²) < 4.78 is 64.3. The monoisotopic (exact) mass is 462 g/mol. The highest BCUT2D eigenvalue weighted by Crippen LogP contribution is 2.40. The Labute approximate surface area is 176 Å². The summed E-state index contributed by atoms with van der Waals surface area (Å²) in [7, 11) is -4.68. The molecule has 0 saturated heterocycles. The Hall–Kier alpha value is -2.28. The molecule has 1 atom stereocenters. The fourth-order valence-electron chi connectivity index (χ4n) is 3.51. The van der Waals surface area contributed by atoms with Crippen molar-refractivity contribution < 1.29 is 21.6 Å². The molecule has 1 N–H and O–H groups in total. The van der Waals surface area contributed by atoms with Gasteiger partial charge in [-0.1, -0.05) is 18.3 Å². The number of nitrogens with one attached hydrogen (secondary N) is 1. The Kier molecular flexibility index (Phi) is 6.60. The summed E-state index contributed by atoms with van der Waals surface area (Å²) in [5, 5.41) is 15.6. The van der Waals surface area contributed by atoms with Crippen molar-refractivity contribution in [2.24, 2.45) is 10.2 Å². The average Bonchev–Trinajstić information content (AvgIpc) is 3.16. The molecule has 0 saturated carbocycles. The van der Waals surface area contributed by atoms with E-state index < -0.39 is 22.0 Å². The van der Waals surface area contributed by atoms with E-state index in [1.165, 1.54) is 5.51 Å². The normalized spacial score (nSPS) is 17.4. The van der Waals surface area contributed by atoms with Crippen LogP contribution < -0.4 is 9.62 Å². The van der Waals surface area contributed by atoms with Gasteiger partial charge in [0.15, 0.2) is 5.75 Å². The van der Waals surface area contributed by atoms with Gasteiger partial charge in [0.2, 0.25) is 10.0 Å². The predicted molar refractivity (Wildman–Crippen MR) is 109 cm³/mol. The Bertz CT molecular complexity index is 1010. The second-order valence-corrected chi connectivity index (χ2v) is 9.32. The Balaban J connectivity index is 2.04. The third-order valence-corrected chi connectivity index (χ3v) is 6.53. The topological polar surface area (TPSA) is 99.9 Å². The minimum Gasteiger partial charge on any atom is -0.369 e. The maximum Gasteiger partial charge on any atom is 0.404 e. The van der Waals surface area contributed by atoms with Crippen LogP contribution in [-0.2, 0) is 16.4 Å². The largest absolute Gasteiger partial charge is 0.404 e. The standard InChI is InChI=1S/C17H21F3N6O2S2/c1-3-12-6-5-11-7-13(22-24-16-23-21-10-29-16)14(8-15(11)26(12)4-2)25-30(27,28)9-17(18,19)20/h7-8,10,12,25H,3-6,9H2,1-2H3. The van der Waals surface area contributed by atoms with E-state index in [4.69, 9.17) is 0 Å². The highest BCUT2D eigenvalue weighted by molar-refractivity contribution is 7.92. The van der Waals surface area contributed by atoms with E-state index in [2.05, 4.69) is 32.2 Å². The van der Waals surface area contributed by atoms with Gasteiger partial charge >= 0.3 is 6.18 Å². The summed E-state index contributed by atoms with van der Waals surface area (Å²) in [4.78, 5) is 2.13. The number of fused-ring (bicyclic) bond motifs is 1. The zero-order valence-electron chi connectivity index (χ0n) is 16.3. The fourth-order valence-corrected chi connectivity index (χ4v) is 4.88. The first-order chi connectivity index (χ1) is 14.1.